The maximum absolute atomic E-state index is 9.24. The molecule has 4 heteroatoms. The molecule has 0 atom stereocenters. The van der Waals surface area contributed by atoms with Crippen LogP contribution in [0.2, 0.25) is 0 Å². The van der Waals surface area contributed by atoms with Gasteiger partial charge in [-0.25, -0.2) is 0 Å². The number of hydrogen-bond donors (Lipinski definition) is 2. The van der Waals surface area contributed by atoms with E-state index in [9.17, 15) is 10.0 Å². The van der Waals surface area contributed by atoms with Crippen LogP contribution in [-0.2, 0) is 10.8 Å². The molecule has 134 valence electrons. The van der Waals surface area contributed by atoms with Gasteiger partial charge in [0.25, 0.3) is 0 Å². The second-order valence-corrected chi connectivity index (χ2v) is 8.32. The summed E-state index contributed by atoms with van der Waals surface area (Å²) in [4.78, 5) is 4.36. The molecule has 3 rings (SSSR count). The Balaban J connectivity index is 2.08. The fourth-order valence-electron chi connectivity index (χ4n) is 3.57. The summed E-state index contributed by atoms with van der Waals surface area (Å²) in [7, 11) is -1.51. The molecular weight excluding hydrogens is 321 g/mol. The predicted octanol–water partition coefficient (Wildman–Crippen LogP) is 3.26. The van der Waals surface area contributed by atoms with Gasteiger partial charge in [0.2, 0.25) is 0 Å². The highest BCUT2D eigenvalue weighted by Crippen LogP contribution is 2.43. The number of rotatable bonds is 3. The molecule has 26 heavy (non-hydrogen) atoms. The van der Waals surface area contributed by atoms with Gasteiger partial charge in [-0.1, -0.05) is 58.6 Å². The number of aromatic nitrogens is 1. The highest BCUT2D eigenvalue weighted by atomic mass is 16.4. The zero-order chi connectivity index (χ0) is 19.3. The van der Waals surface area contributed by atoms with Crippen molar-refractivity contribution >= 4 is 18.2 Å². The van der Waals surface area contributed by atoms with Crippen molar-refractivity contribution in [2.75, 3.05) is 0 Å². The first-order chi connectivity index (χ1) is 12.0. The Bertz CT molecular complexity index is 893. The molecule has 0 bridgehead atoms. The van der Waals surface area contributed by atoms with Crippen molar-refractivity contribution in [3.63, 3.8) is 0 Å². The number of benzene rings is 1. The second kappa shape index (κ2) is 6.22. The molecule has 3 nitrogen and oxygen atoms in total. The van der Waals surface area contributed by atoms with Crippen molar-refractivity contribution < 1.29 is 10.0 Å². The highest BCUT2D eigenvalue weighted by molar-refractivity contribution is 6.58. The van der Waals surface area contributed by atoms with Crippen molar-refractivity contribution in [3.05, 3.63) is 77.1 Å². The Hall–Kier alpha value is -2.17. The maximum atomic E-state index is 9.24. The van der Waals surface area contributed by atoms with E-state index in [-0.39, 0.29) is 10.8 Å². The van der Waals surface area contributed by atoms with Crippen molar-refractivity contribution in [2.45, 2.75) is 45.4 Å². The lowest BCUT2D eigenvalue weighted by atomic mass is 9.67. The molecule has 1 aliphatic carbocycles. The summed E-state index contributed by atoms with van der Waals surface area (Å²) >= 11 is 0. The van der Waals surface area contributed by atoms with E-state index in [4.69, 9.17) is 0 Å². The first-order valence-electron chi connectivity index (χ1n) is 8.91. The largest absolute Gasteiger partial charge is 0.490 e. The van der Waals surface area contributed by atoms with Crippen molar-refractivity contribution in [1.29, 1.82) is 0 Å². The van der Waals surface area contributed by atoms with Crippen LogP contribution in [0.5, 0.6) is 0 Å². The van der Waals surface area contributed by atoms with Crippen LogP contribution < -0.4 is 5.46 Å². The molecule has 0 radical (unpaired) electrons. The molecule has 0 spiro atoms. The lowest BCUT2D eigenvalue weighted by Crippen LogP contribution is -2.30. The van der Waals surface area contributed by atoms with Gasteiger partial charge in [0, 0.05) is 28.1 Å². The molecule has 0 saturated heterocycles. The Kier molecular flexibility index (Phi) is 4.46. The van der Waals surface area contributed by atoms with E-state index >= 15 is 0 Å². The molecular formula is C22H26BNO2. The minimum atomic E-state index is -1.51. The zero-order valence-corrected chi connectivity index (χ0v) is 16.2. The van der Waals surface area contributed by atoms with Crippen LogP contribution in [0, 0.1) is 6.92 Å². The Morgan fingerprint density at radius 3 is 2.08 bits per heavy atom. The fourth-order valence-corrected chi connectivity index (χ4v) is 3.57. The summed E-state index contributed by atoms with van der Waals surface area (Å²) in [5, 5.41) is 18.5. The summed E-state index contributed by atoms with van der Waals surface area (Å²) in [5.41, 5.74) is 6.83. The molecule has 1 aliphatic rings. The first-order valence-corrected chi connectivity index (χ1v) is 8.91. The SMILES string of the molecule is C=C(c1ccc(B(O)O)cn1)c1cc2c(cc1C)C(C)(C)C=CC2(C)C. The third kappa shape index (κ3) is 3.15. The van der Waals surface area contributed by atoms with E-state index in [2.05, 4.69) is 70.5 Å². The van der Waals surface area contributed by atoms with Gasteiger partial charge in [-0.2, -0.15) is 0 Å². The van der Waals surface area contributed by atoms with Crippen molar-refractivity contribution in [2.24, 2.45) is 0 Å². The zero-order valence-electron chi connectivity index (χ0n) is 16.2. The molecule has 1 aromatic carbocycles. The lowest BCUT2D eigenvalue weighted by molar-refractivity contribution is 0.425. The van der Waals surface area contributed by atoms with Crippen molar-refractivity contribution in [1.82, 2.24) is 4.98 Å². The monoisotopic (exact) mass is 347 g/mol. The molecule has 0 fully saturated rings. The Labute approximate surface area is 156 Å². The minimum Gasteiger partial charge on any atom is -0.423 e. The lowest BCUT2D eigenvalue weighted by Gasteiger charge is -2.37. The van der Waals surface area contributed by atoms with E-state index < -0.39 is 7.12 Å². The number of pyridine rings is 1. The van der Waals surface area contributed by atoms with E-state index in [0.29, 0.717) is 5.46 Å². The number of nitrogens with zero attached hydrogens (tertiary/aromatic N) is 1. The summed E-state index contributed by atoms with van der Waals surface area (Å²) in [6.45, 7) is 15.3. The van der Waals surface area contributed by atoms with Crippen LogP contribution in [-0.4, -0.2) is 22.2 Å². The summed E-state index contributed by atoms with van der Waals surface area (Å²) in [6.07, 6.45) is 6.06. The molecule has 2 aromatic rings. The van der Waals surface area contributed by atoms with Gasteiger partial charge in [0.1, 0.15) is 0 Å². The molecule has 1 heterocycles. The van der Waals surface area contributed by atoms with Gasteiger partial charge in [0.05, 0.1) is 5.69 Å². The standard InChI is InChI=1S/C22H26BNO2/c1-14-11-18-19(22(5,6)10-9-21(18,3)4)12-17(14)15(2)20-8-7-16(13-24-20)23(25)26/h7-13,25-26H,2H2,1,3-6H3. The number of allylic oxidation sites excluding steroid dienone is 2. The van der Waals surface area contributed by atoms with Gasteiger partial charge in [-0.3, -0.25) is 4.98 Å². The third-order valence-corrected chi connectivity index (χ3v) is 5.39. The van der Waals surface area contributed by atoms with Crippen LogP contribution >= 0.6 is 0 Å². The van der Waals surface area contributed by atoms with E-state index in [1.165, 1.54) is 22.9 Å². The molecule has 0 unspecified atom stereocenters. The second-order valence-electron chi connectivity index (χ2n) is 8.32. The van der Waals surface area contributed by atoms with Gasteiger partial charge in [0.15, 0.2) is 0 Å². The Morgan fingerprint density at radius 1 is 1.00 bits per heavy atom. The predicted molar refractivity (Wildman–Crippen MR) is 109 cm³/mol. The fraction of sp³-hybridized carbons (Fsp3) is 0.318. The molecule has 2 N–H and O–H groups in total. The van der Waals surface area contributed by atoms with E-state index in [0.717, 1.165) is 16.8 Å². The highest BCUT2D eigenvalue weighted by Gasteiger charge is 2.33. The quantitative estimate of drug-likeness (QED) is 0.662. The smallest absolute Gasteiger partial charge is 0.423 e. The van der Waals surface area contributed by atoms with E-state index in [1.54, 1.807) is 12.1 Å². The number of fused-ring (bicyclic) bond motifs is 1. The van der Waals surface area contributed by atoms with Crippen LogP contribution in [0.25, 0.3) is 5.57 Å². The van der Waals surface area contributed by atoms with Crippen molar-refractivity contribution in [3.8, 4) is 0 Å². The molecule has 0 aliphatic heterocycles. The van der Waals surface area contributed by atoms with Crippen LogP contribution in [0.3, 0.4) is 0 Å². The topological polar surface area (TPSA) is 53.4 Å². The summed E-state index contributed by atoms with van der Waals surface area (Å²) in [5.74, 6) is 0. The maximum Gasteiger partial charge on any atom is 0.490 e. The molecule has 0 saturated carbocycles. The van der Waals surface area contributed by atoms with Crippen LogP contribution in [0.1, 0.15) is 55.6 Å². The minimum absolute atomic E-state index is 0.00659. The molecule has 1 aromatic heterocycles. The number of aryl methyl sites for hydroxylation is 1. The summed E-state index contributed by atoms with van der Waals surface area (Å²) < 4.78 is 0. The van der Waals surface area contributed by atoms with Gasteiger partial charge >= 0.3 is 7.12 Å². The van der Waals surface area contributed by atoms with Gasteiger partial charge in [-0.15, -0.1) is 0 Å². The molecule has 0 amide bonds. The number of hydrogen-bond acceptors (Lipinski definition) is 3. The Morgan fingerprint density at radius 2 is 1.58 bits per heavy atom. The normalized spacial score (nSPS) is 16.9. The summed E-state index contributed by atoms with van der Waals surface area (Å²) in [6, 6.07) is 7.97. The van der Waals surface area contributed by atoms with Crippen LogP contribution in [0.15, 0.2) is 49.2 Å². The average Bonchev–Trinajstić information content (AvgIpc) is 2.58. The van der Waals surface area contributed by atoms with E-state index in [1.807, 2.05) is 0 Å². The third-order valence-electron chi connectivity index (χ3n) is 5.39. The average molecular weight is 347 g/mol. The van der Waals surface area contributed by atoms with Crippen LogP contribution in [0.4, 0.5) is 0 Å². The first kappa shape index (κ1) is 18.6. The van der Waals surface area contributed by atoms with Gasteiger partial charge < -0.3 is 10.0 Å². The van der Waals surface area contributed by atoms with Gasteiger partial charge in [-0.05, 0) is 41.3 Å².